The van der Waals surface area contributed by atoms with Crippen LogP contribution in [-0.4, -0.2) is 50.5 Å². The molecule has 33 heavy (non-hydrogen) atoms. The van der Waals surface area contributed by atoms with Crippen LogP contribution in [0.15, 0.2) is 48.5 Å². The number of carbonyl (C=O) groups is 2. The largest absolute Gasteiger partial charge is 0.354 e. The van der Waals surface area contributed by atoms with Crippen LogP contribution in [0.1, 0.15) is 31.9 Å². The van der Waals surface area contributed by atoms with Gasteiger partial charge in [0.1, 0.15) is 18.4 Å². The van der Waals surface area contributed by atoms with Crippen LogP contribution in [0.25, 0.3) is 0 Å². The summed E-state index contributed by atoms with van der Waals surface area (Å²) in [5.74, 6) is -1.08. The third kappa shape index (κ3) is 7.85. The van der Waals surface area contributed by atoms with Crippen molar-refractivity contribution in [2.75, 3.05) is 23.7 Å². The van der Waals surface area contributed by atoms with Gasteiger partial charge in [-0.15, -0.1) is 0 Å². The molecule has 7 nitrogen and oxygen atoms in total. The van der Waals surface area contributed by atoms with E-state index in [4.69, 9.17) is 0 Å². The standard InChI is InChI=1S/C24H32FN3O4S/c1-17(2)14-26-24(30)19(4)27(15-20-9-11-21(25)12-10-20)23(29)16-28(33(5,31)32)22-8-6-7-18(3)13-22/h6-13,17,19H,14-16H2,1-5H3,(H,26,30)/t19-/m0/s1. The highest BCUT2D eigenvalue weighted by atomic mass is 32.2. The quantitative estimate of drug-likeness (QED) is 0.570. The van der Waals surface area contributed by atoms with Crippen molar-refractivity contribution in [3.8, 4) is 0 Å². The van der Waals surface area contributed by atoms with E-state index in [0.29, 0.717) is 17.8 Å². The number of nitrogens with one attached hydrogen (secondary N) is 1. The average Bonchev–Trinajstić information content (AvgIpc) is 2.73. The molecule has 1 atom stereocenters. The van der Waals surface area contributed by atoms with E-state index in [-0.39, 0.29) is 18.4 Å². The van der Waals surface area contributed by atoms with Crippen LogP contribution in [0.2, 0.25) is 0 Å². The zero-order valence-electron chi connectivity index (χ0n) is 19.7. The molecule has 180 valence electrons. The zero-order valence-corrected chi connectivity index (χ0v) is 20.5. The molecule has 0 aliphatic carbocycles. The Morgan fingerprint density at radius 3 is 2.24 bits per heavy atom. The summed E-state index contributed by atoms with van der Waals surface area (Å²) in [7, 11) is -3.77. The Bertz CT molecular complexity index is 1070. The number of hydrogen-bond acceptors (Lipinski definition) is 4. The lowest BCUT2D eigenvalue weighted by Gasteiger charge is -2.31. The van der Waals surface area contributed by atoms with Gasteiger partial charge in [0.2, 0.25) is 21.8 Å². The van der Waals surface area contributed by atoms with Gasteiger partial charge in [-0.3, -0.25) is 13.9 Å². The highest BCUT2D eigenvalue weighted by molar-refractivity contribution is 7.92. The number of halogens is 1. The molecule has 0 aliphatic heterocycles. The Kier molecular flexibility index (Phi) is 8.99. The first kappa shape index (κ1) is 26.3. The number of rotatable bonds is 10. The molecule has 0 saturated heterocycles. The number of amides is 2. The normalized spacial score (nSPS) is 12.3. The van der Waals surface area contributed by atoms with Crippen molar-refractivity contribution in [1.82, 2.24) is 10.2 Å². The number of aryl methyl sites for hydroxylation is 1. The van der Waals surface area contributed by atoms with Gasteiger partial charge in [0.25, 0.3) is 0 Å². The molecule has 2 amide bonds. The molecule has 0 saturated carbocycles. The van der Waals surface area contributed by atoms with Gasteiger partial charge in [0.05, 0.1) is 11.9 Å². The zero-order chi connectivity index (χ0) is 24.8. The minimum absolute atomic E-state index is 0.0286. The summed E-state index contributed by atoms with van der Waals surface area (Å²) in [4.78, 5) is 27.4. The van der Waals surface area contributed by atoms with Gasteiger partial charge in [0.15, 0.2) is 0 Å². The molecule has 0 aromatic heterocycles. The van der Waals surface area contributed by atoms with E-state index in [0.717, 1.165) is 16.1 Å². The molecule has 1 N–H and O–H groups in total. The Balaban J connectivity index is 2.35. The Morgan fingerprint density at radius 2 is 1.70 bits per heavy atom. The van der Waals surface area contributed by atoms with Gasteiger partial charge in [-0.05, 0) is 55.2 Å². The third-order valence-corrected chi connectivity index (χ3v) is 6.23. The Morgan fingerprint density at radius 1 is 1.06 bits per heavy atom. The maximum atomic E-state index is 13.4. The lowest BCUT2D eigenvalue weighted by atomic mass is 10.1. The summed E-state index contributed by atoms with van der Waals surface area (Å²) < 4.78 is 39.4. The fourth-order valence-electron chi connectivity index (χ4n) is 3.22. The minimum atomic E-state index is -3.77. The van der Waals surface area contributed by atoms with Gasteiger partial charge >= 0.3 is 0 Å². The van der Waals surface area contributed by atoms with E-state index in [1.54, 1.807) is 25.1 Å². The van der Waals surface area contributed by atoms with Gasteiger partial charge in [0, 0.05) is 13.1 Å². The summed E-state index contributed by atoms with van der Waals surface area (Å²) >= 11 is 0. The SMILES string of the molecule is Cc1cccc(N(CC(=O)N(Cc2ccc(F)cc2)[C@@H](C)C(=O)NCC(C)C)S(C)(=O)=O)c1. The van der Waals surface area contributed by atoms with Gasteiger partial charge < -0.3 is 10.2 Å². The van der Waals surface area contributed by atoms with E-state index >= 15 is 0 Å². The van der Waals surface area contributed by atoms with Crippen LogP contribution in [0, 0.1) is 18.7 Å². The molecule has 2 rings (SSSR count). The second-order valence-corrected chi connectivity index (χ2v) is 10.5. The highest BCUT2D eigenvalue weighted by Crippen LogP contribution is 2.20. The molecule has 0 unspecified atom stereocenters. The van der Waals surface area contributed by atoms with E-state index in [2.05, 4.69) is 5.32 Å². The van der Waals surface area contributed by atoms with Gasteiger partial charge in [-0.1, -0.05) is 38.1 Å². The fraction of sp³-hybridized carbons (Fsp3) is 0.417. The van der Waals surface area contributed by atoms with Crippen LogP contribution >= 0.6 is 0 Å². The minimum Gasteiger partial charge on any atom is -0.354 e. The Hall–Kier alpha value is -2.94. The Labute approximate surface area is 195 Å². The topological polar surface area (TPSA) is 86.8 Å². The van der Waals surface area contributed by atoms with E-state index < -0.39 is 34.3 Å². The van der Waals surface area contributed by atoms with Gasteiger partial charge in [-0.2, -0.15) is 0 Å². The van der Waals surface area contributed by atoms with Crippen LogP contribution in [0.3, 0.4) is 0 Å². The summed E-state index contributed by atoms with van der Waals surface area (Å²) in [6.45, 7) is 7.34. The maximum absolute atomic E-state index is 13.4. The summed E-state index contributed by atoms with van der Waals surface area (Å²) in [5.41, 5.74) is 1.83. The monoisotopic (exact) mass is 477 g/mol. The fourth-order valence-corrected chi connectivity index (χ4v) is 4.06. The van der Waals surface area contributed by atoms with Crippen molar-refractivity contribution >= 4 is 27.5 Å². The van der Waals surface area contributed by atoms with E-state index in [1.165, 1.54) is 29.2 Å². The molecule has 0 heterocycles. The van der Waals surface area contributed by atoms with Crippen molar-refractivity contribution < 1.29 is 22.4 Å². The average molecular weight is 478 g/mol. The summed E-state index contributed by atoms with van der Waals surface area (Å²) in [6.07, 6.45) is 1.03. The summed E-state index contributed by atoms with van der Waals surface area (Å²) in [5, 5.41) is 2.81. The number of hydrogen-bond donors (Lipinski definition) is 1. The number of benzene rings is 2. The number of sulfonamides is 1. The van der Waals surface area contributed by atoms with Crippen molar-refractivity contribution in [2.24, 2.45) is 5.92 Å². The van der Waals surface area contributed by atoms with Crippen LogP contribution in [-0.2, 0) is 26.2 Å². The number of nitrogens with zero attached hydrogens (tertiary/aromatic N) is 2. The second kappa shape index (κ2) is 11.3. The van der Waals surface area contributed by atoms with Crippen molar-refractivity contribution in [3.05, 3.63) is 65.5 Å². The smallest absolute Gasteiger partial charge is 0.244 e. The first-order valence-corrected chi connectivity index (χ1v) is 12.6. The predicted octanol–water partition coefficient (Wildman–Crippen LogP) is 3.09. The highest BCUT2D eigenvalue weighted by Gasteiger charge is 2.30. The van der Waals surface area contributed by atoms with Crippen LogP contribution in [0.5, 0.6) is 0 Å². The maximum Gasteiger partial charge on any atom is 0.244 e. The molecule has 2 aromatic rings. The van der Waals surface area contributed by atoms with Crippen LogP contribution < -0.4 is 9.62 Å². The van der Waals surface area contributed by atoms with Crippen molar-refractivity contribution in [3.63, 3.8) is 0 Å². The molecule has 0 bridgehead atoms. The molecule has 0 aliphatic rings. The third-order valence-electron chi connectivity index (χ3n) is 5.09. The lowest BCUT2D eigenvalue weighted by molar-refractivity contribution is -0.139. The molecule has 0 radical (unpaired) electrons. The van der Waals surface area contributed by atoms with E-state index in [1.807, 2.05) is 26.8 Å². The first-order chi connectivity index (χ1) is 15.4. The molecular weight excluding hydrogens is 445 g/mol. The second-order valence-electron chi connectivity index (χ2n) is 8.57. The van der Waals surface area contributed by atoms with Crippen molar-refractivity contribution in [2.45, 2.75) is 40.3 Å². The molecule has 0 fully saturated rings. The van der Waals surface area contributed by atoms with Crippen molar-refractivity contribution in [1.29, 1.82) is 0 Å². The first-order valence-electron chi connectivity index (χ1n) is 10.7. The number of anilines is 1. The van der Waals surface area contributed by atoms with Crippen LogP contribution in [0.4, 0.5) is 10.1 Å². The number of carbonyl (C=O) groups excluding carboxylic acids is 2. The molecule has 2 aromatic carbocycles. The summed E-state index contributed by atoms with van der Waals surface area (Å²) in [6, 6.07) is 11.6. The van der Waals surface area contributed by atoms with E-state index in [9.17, 15) is 22.4 Å². The predicted molar refractivity (Wildman–Crippen MR) is 128 cm³/mol. The molecule has 9 heteroatoms. The van der Waals surface area contributed by atoms with Gasteiger partial charge in [-0.25, -0.2) is 12.8 Å². The molecule has 0 spiro atoms. The molecular formula is C24H32FN3O4S. The lowest BCUT2D eigenvalue weighted by Crippen LogP contribution is -2.51.